The lowest BCUT2D eigenvalue weighted by Crippen LogP contribution is -2.34. The van der Waals surface area contributed by atoms with Crippen molar-refractivity contribution in [3.63, 3.8) is 0 Å². The summed E-state index contributed by atoms with van der Waals surface area (Å²) in [7, 11) is 0. The number of rotatable bonds is 5. The molecule has 1 heterocycles. The van der Waals surface area contributed by atoms with Crippen LogP contribution in [0.3, 0.4) is 0 Å². The van der Waals surface area contributed by atoms with Gasteiger partial charge in [0, 0.05) is 13.1 Å². The first-order chi connectivity index (χ1) is 8.99. The number of hydrogen-bond donors (Lipinski definition) is 2. The minimum Gasteiger partial charge on any atom is -0.384 e. The van der Waals surface area contributed by atoms with Gasteiger partial charge in [-0.15, -0.1) is 0 Å². The molecular weight excluding hydrogens is 254 g/mol. The standard InChI is InChI=1S/C16H21NOS/c1-12-4-5-14(13(2)8-12)9-17-11-16(3,18)15-6-7-19-10-15/h4-8,10,17-18H,9,11H2,1-3H3. The molecule has 19 heavy (non-hydrogen) atoms. The van der Waals surface area contributed by atoms with Gasteiger partial charge in [0.15, 0.2) is 0 Å². The van der Waals surface area contributed by atoms with Crippen molar-refractivity contribution in [1.29, 1.82) is 0 Å². The quantitative estimate of drug-likeness (QED) is 0.877. The molecule has 0 spiro atoms. The predicted octanol–water partition coefficient (Wildman–Crippen LogP) is 3.36. The summed E-state index contributed by atoms with van der Waals surface area (Å²) >= 11 is 1.61. The van der Waals surface area contributed by atoms with Crippen LogP contribution in [0.25, 0.3) is 0 Å². The van der Waals surface area contributed by atoms with E-state index in [4.69, 9.17) is 0 Å². The van der Waals surface area contributed by atoms with Crippen LogP contribution in [0, 0.1) is 13.8 Å². The summed E-state index contributed by atoms with van der Waals surface area (Å²) < 4.78 is 0. The molecule has 0 radical (unpaired) electrons. The molecule has 2 aromatic rings. The lowest BCUT2D eigenvalue weighted by molar-refractivity contribution is 0.0571. The van der Waals surface area contributed by atoms with E-state index in [-0.39, 0.29) is 0 Å². The van der Waals surface area contributed by atoms with E-state index < -0.39 is 5.60 Å². The average molecular weight is 275 g/mol. The van der Waals surface area contributed by atoms with E-state index in [9.17, 15) is 5.11 Å². The van der Waals surface area contributed by atoms with Crippen LogP contribution in [0.1, 0.15) is 29.2 Å². The van der Waals surface area contributed by atoms with E-state index in [0.717, 1.165) is 12.1 Å². The third kappa shape index (κ3) is 3.66. The maximum Gasteiger partial charge on any atom is 0.1000 e. The molecule has 1 aromatic carbocycles. The number of thiophene rings is 1. The van der Waals surface area contributed by atoms with Crippen LogP contribution in [0.5, 0.6) is 0 Å². The van der Waals surface area contributed by atoms with Gasteiger partial charge < -0.3 is 10.4 Å². The Bertz CT molecular complexity index is 532. The molecule has 0 saturated heterocycles. The van der Waals surface area contributed by atoms with Gasteiger partial charge in [0.1, 0.15) is 0 Å². The maximum absolute atomic E-state index is 10.4. The summed E-state index contributed by atoms with van der Waals surface area (Å²) in [5, 5.41) is 17.7. The molecule has 3 heteroatoms. The van der Waals surface area contributed by atoms with Crippen LogP contribution in [0.4, 0.5) is 0 Å². The highest BCUT2D eigenvalue weighted by Crippen LogP contribution is 2.22. The molecule has 0 aliphatic carbocycles. The van der Waals surface area contributed by atoms with Crippen LogP contribution >= 0.6 is 11.3 Å². The lowest BCUT2D eigenvalue weighted by Gasteiger charge is -2.23. The molecule has 102 valence electrons. The Balaban J connectivity index is 1.93. The van der Waals surface area contributed by atoms with Crippen LogP contribution in [0.2, 0.25) is 0 Å². The Morgan fingerprint density at radius 2 is 2.05 bits per heavy atom. The van der Waals surface area contributed by atoms with Gasteiger partial charge in [-0.05, 0) is 54.3 Å². The third-order valence-electron chi connectivity index (χ3n) is 3.43. The SMILES string of the molecule is Cc1ccc(CNCC(C)(O)c2ccsc2)c(C)c1. The van der Waals surface area contributed by atoms with Crippen molar-refractivity contribution in [2.24, 2.45) is 0 Å². The summed E-state index contributed by atoms with van der Waals surface area (Å²) in [4.78, 5) is 0. The van der Waals surface area contributed by atoms with Gasteiger partial charge in [-0.1, -0.05) is 23.8 Å². The van der Waals surface area contributed by atoms with Crippen LogP contribution in [0.15, 0.2) is 35.0 Å². The summed E-state index contributed by atoms with van der Waals surface area (Å²) in [6.07, 6.45) is 0. The summed E-state index contributed by atoms with van der Waals surface area (Å²) in [6, 6.07) is 8.44. The van der Waals surface area contributed by atoms with Crippen molar-refractivity contribution < 1.29 is 5.11 Å². The Kier molecular flexibility index (Phi) is 4.40. The molecule has 0 amide bonds. The Morgan fingerprint density at radius 1 is 1.26 bits per heavy atom. The van der Waals surface area contributed by atoms with Crippen molar-refractivity contribution in [2.45, 2.75) is 32.9 Å². The first-order valence-electron chi connectivity index (χ1n) is 6.51. The number of aryl methyl sites for hydroxylation is 2. The second kappa shape index (κ2) is 5.87. The van der Waals surface area contributed by atoms with E-state index in [1.165, 1.54) is 16.7 Å². The molecule has 1 atom stereocenters. The van der Waals surface area contributed by atoms with Gasteiger partial charge in [-0.25, -0.2) is 0 Å². The molecule has 0 fully saturated rings. The monoisotopic (exact) mass is 275 g/mol. The number of aliphatic hydroxyl groups is 1. The Hall–Kier alpha value is -1.16. The summed E-state index contributed by atoms with van der Waals surface area (Å²) in [5.41, 5.74) is 4.03. The lowest BCUT2D eigenvalue weighted by atomic mass is 9.99. The predicted molar refractivity (Wildman–Crippen MR) is 81.5 cm³/mol. The number of hydrogen-bond acceptors (Lipinski definition) is 3. The molecule has 0 saturated carbocycles. The fourth-order valence-corrected chi connectivity index (χ4v) is 2.94. The smallest absolute Gasteiger partial charge is 0.1000 e. The number of benzene rings is 1. The van der Waals surface area contributed by atoms with Crippen molar-refractivity contribution in [1.82, 2.24) is 5.32 Å². The van der Waals surface area contributed by atoms with Gasteiger partial charge in [-0.3, -0.25) is 0 Å². The molecular formula is C16H21NOS. The molecule has 1 unspecified atom stereocenters. The molecule has 2 rings (SSSR count). The second-order valence-electron chi connectivity index (χ2n) is 5.32. The highest BCUT2D eigenvalue weighted by Gasteiger charge is 2.22. The fraction of sp³-hybridized carbons (Fsp3) is 0.375. The largest absolute Gasteiger partial charge is 0.384 e. The van der Waals surface area contributed by atoms with E-state index in [1.807, 2.05) is 23.8 Å². The van der Waals surface area contributed by atoms with Crippen molar-refractivity contribution in [2.75, 3.05) is 6.54 Å². The zero-order valence-corrected chi connectivity index (χ0v) is 12.6. The van der Waals surface area contributed by atoms with Crippen LogP contribution < -0.4 is 5.32 Å². The van der Waals surface area contributed by atoms with Gasteiger partial charge in [0.05, 0.1) is 5.60 Å². The average Bonchev–Trinajstić information content (AvgIpc) is 2.86. The maximum atomic E-state index is 10.4. The van der Waals surface area contributed by atoms with Crippen molar-refractivity contribution in [3.8, 4) is 0 Å². The minimum absolute atomic E-state index is 0.553. The van der Waals surface area contributed by atoms with Gasteiger partial charge >= 0.3 is 0 Å². The zero-order chi connectivity index (χ0) is 13.9. The van der Waals surface area contributed by atoms with E-state index >= 15 is 0 Å². The van der Waals surface area contributed by atoms with E-state index in [1.54, 1.807) is 11.3 Å². The van der Waals surface area contributed by atoms with Crippen LogP contribution in [-0.2, 0) is 12.1 Å². The molecule has 0 bridgehead atoms. The highest BCUT2D eigenvalue weighted by molar-refractivity contribution is 7.08. The normalized spacial score (nSPS) is 14.3. The third-order valence-corrected chi connectivity index (χ3v) is 4.11. The molecule has 0 aliphatic heterocycles. The summed E-state index contributed by atoms with van der Waals surface area (Å²) in [5.74, 6) is 0. The molecule has 2 N–H and O–H groups in total. The molecule has 2 nitrogen and oxygen atoms in total. The van der Waals surface area contributed by atoms with Gasteiger partial charge in [0.2, 0.25) is 0 Å². The summed E-state index contributed by atoms with van der Waals surface area (Å²) in [6.45, 7) is 7.42. The number of nitrogens with one attached hydrogen (secondary N) is 1. The van der Waals surface area contributed by atoms with Crippen molar-refractivity contribution in [3.05, 3.63) is 57.3 Å². The van der Waals surface area contributed by atoms with Gasteiger partial charge in [-0.2, -0.15) is 11.3 Å². The van der Waals surface area contributed by atoms with Crippen LogP contribution in [-0.4, -0.2) is 11.7 Å². The first-order valence-corrected chi connectivity index (χ1v) is 7.45. The zero-order valence-electron chi connectivity index (χ0n) is 11.7. The Morgan fingerprint density at radius 3 is 2.68 bits per heavy atom. The molecule has 0 aliphatic rings. The van der Waals surface area contributed by atoms with Crippen molar-refractivity contribution >= 4 is 11.3 Å². The second-order valence-corrected chi connectivity index (χ2v) is 6.10. The van der Waals surface area contributed by atoms with Gasteiger partial charge in [0.25, 0.3) is 0 Å². The van der Waals surface area contributed by atoms with E-state index in [0.29, 0.717) is 6.54 Å². The fourth-order valence-electron chi connectivity index (χ4n) is 2.16. The first kappa shape index (κ1) is 14.3. The highest BCUT2D eigenvalue weighted by atomic mass is 32.1. The molecule has 1 aromatic heterocycles. The van der Waals surface area contributed by atoms with E-state index in [2.05, 4.69) is 37.4 Å². The Labute approximate surface area is 119 Å². The topological polar surface area (TPSA) is 32.3 Å². The minimum atomic E-state index is -0.807.